The third-order valence-electron chi connectivity index (χ3n) is 3.09. The predicted molar refractivity (Wildman–Crippen MR) is 84.4 cm³/mol. The van der Waals surface area contributed by atoms with Crippen molar-refractivity contribution in [2.24, 2.45) is 5.84 Å². The van der Waals surface area contributed by atoms with E-state index in [4.69, 9.17) is 10.6 Å². The molecule has 1 aromatic heterocycles. The second kappa shape index (κ2) is 6.10. The highest BCUT2D eigenvalue weighted by Crippen LogP contribution is 2.28. The van der Waals surface area contributed by atoms with Gasteiger partial charge in [0.05, 0.1) is 0 Å². The van der Waals surface area contributed by atoms with E-state index in [1.807, 2.05) is 45.0 Å². The van der Waals surface area contributed by atoms with Crippen molar-refractivity contribution in [2.45, 2.75) is 39.5 Å². The van der Waals surface area contributed by atoms with E-state index in [0.717, 1.165) is 17.7 Å². The van der Waals surface area contributed by atoms with Crippen LogP contribution in [0.2, 0.25) is 0 Å². The molecule has 0 saturated heterocycles. The Bertz CT molecular complexity index is 620. The molecule has 0 unspecified atom stereocenters. The van der Waals surface area contributed by atoms with Crippen LogP contribution in [0.5, 0.6) is 11.6 Å². The van der Waals surface area contributed by atoms with Crippen molar-refractivity contribution in [1.29, 1.82) is 0 Å². The van der Waals surface area contributed by atoms with E-state index in [1.165, 1.54) is 0 Å². The third kappa shape index (κ3) is 3.70. The molecule has 21 heavy (non-hydrogen) atoms. The van der Waals surface area contributed by atoms with Gasteiger partial charge in [-0.15, -0.1) is 0 Å². The molecule has 0 amide bonds. The molecule has 2 rings (SSSR count). The number of rotatable bonds is 4. The minimum atomic E-state index is -0.185. The summed E-state index contributed by atoms with van der Waals surface area (Å²) in [4.78, 5) is 8.87. The van der Waals surface area contributed by atoms with Gasteiger partial charge in [0.2, 0.25) is 5.88 Å². The smallest absolute Gasteiger partial charge is 0.224 e. The van der Waals surface area contributed by atoms with Crippen molar-refractivity contribution in [3.8, 4) is 11.6 Å². The zero-order valence-electron chi connectivity index (χ0n) is 13.0. The van der Waals surface area contributed by atoms with E-state index < -0.39 is 0 Å². The Kier molecular flexibility index (Phi) is 4.43. The molecule has 0 radical (unpaired) electrons. The van der Waals surface area contributed by atoms with E-state index in [2.05, 4.69) is 22.3 Å². The van der Waals surface area contributed by atoms with Gasteiger partial charge in [-0.25, -0.2) is 10.8 Å². The topological polar surface area (TPSA) is 73.1 Å². The van der Waals surface area contributed by atoms with Gasteiger partial charge < -0.3 is 10.2 Å². The maximum atomic E-state index is 5.93. The molecule has 0 aliphatic heterocycles. The summed E-state index contributed by atoms with van der Waals surface area (Å²) < 4.78 is 5.93. The molecule has 0 aliphatic rings. The second-order valence-corrected chi connectivity index (χ2v) is 5.87. The van der Waals surface area contributed by atoms with Crippen LogP contribution in [0.1, 0.15) is 39.1 Å². The number of aryl methyl sites for hydroxylation is 1. The minimum Gasteiger partial charge on any atom is -0.439 e. The summed E-state index contributed by atoms with van der Waals surface area (Å²) in [5.74, 6) is 8.00. The molecule has 0 fully saturated rings. The first-order valence-corrected chi connectivity index (χ1v) is 7.06. The first-order valence-electron chi connectivity index (χ1n) is 7.06. The predicted octanol–water partition coefficient (Wildman–Crippen LogP) is 3.41. The lowest BCUT2D eigenvalue weighted by atomic mass is 9.96. The first-order chi connectivity index (χ1) is 9.94. The summed E-state index contributed by atoms with van der Waals surface area (Å²) in [5, 5.41) is 0. The van der Waals surface area contributed by atoms with Gasteiger partial charge in [-0.1, -0.05) is 45.9 Å². The highest BCUT2D eigenvalue weighted by atomic mass is 16.5. The zero-order chi connectivity index (χ0) is 15.5. The average molecular weight is 286 g/mol. The van der Waals surface area contributed by atoms with Crippen LogP contribution in [0.15, 0.2) is 30.3 Å². The highest BCUT2D eigenvalue weighted by Gasteiger charge is 2.20. The number of benzene rings is 1. The van der Waals surface area contributed by atoms with Crippen molar-refractivity contribution in [3.63, 3.8) is 0 Å². The number of hydrogen-bond donors (Lipinski definition) is 2. The lowest BCUT2D eigenvalue weighted by molar-refractivity contribution is 0.442. The molecule has 0 bridgehead atoms. The van der Waals surface area contributed by atoms with Crippen LogP contribution in [-0.4, -0.2) is 9.97 Å². The summed E-state index contributed by atoms with van der Waals surface area (Å²) in [6, 6.07) is 9.62. The molecule has 0 atom stereocenters. The Labute approximate surface area is 125 Å². The van der Waals surface area contributed by atoms with E-state index >= 15 is 0 Å². The van der Waals surface area contributed by atoms with Crippen LogP contribution in [0.25, 0.3) is 0 Å². The van der Waals surface area contributed by atoms with Crippen LogP contribution < -0.4 is 16.0 Å². The zero-order valence-corrected chi connectivity index (χ0v) is 13.0. The van der Waals surface area contributed by atoms with Gasteiger partial charge in [-0.2, -0.15) is 4.98 Å². The Morgan fingerprint density at radius 3 is 2.52 bits per heavy atom. The van der Waals surface area contributed by atoms with Crippen molar-refractivity contribution in [1.82, 2.24) is 9.97 Å². The summed E-state index contributed by atoms with van der Waals surface area (Å²) in [7, 11) is 0. The van der Waals surface area contributed by atoms with E-state index in [1.54, 1.807) is 6.07 Å². The van der Waals surface area contributed by atoms with Crippen molar-refractivity contribution < 1.29 is 4.74 Å². The Morgan fingerprint density at radius 1 is 1.19 bits per heavy atom. The van der Waals surface area contributed by atoms with Gasteiger partial charge in [0.25, 0.3) is 0 Å². The Morgan fingerprint density at radius 2 is 1.90 bits per heavy atom. The summed E-state index contributed by atoms with van der Waals surface area (Å²) in [6.45, 7) is 8.24. The molecule has 5 heteroatoms. The lowest BCUT2D eigenvalue weighted by Gasteiger charge is -2.18. The first kappa shape index (κ1) is 15.3. The normalized spacial score (nSPS) is 11.3. The molecule has 5 nitrogen and oxygen atoms in total. The highest BCUT2D eigenvalue weighted by molar-refractivity contribution is 5.41. The fourth-order valence-electron chi connectivity index (χ4n) is 1.89. The molecular weight excluding hydrogens is 264 g/mol. The molecule has 3 N–H and O–H groups in total. The van der Waals surface area contributed by atoms with Crippen LogP contribution in [0.3, 0.4) is 0 Å². The summed E-state index contributed by atoms with van der Waals surface area (Å²) >= 11 is 0. The lowest BCUT2D eigenvalue weighted by Crippen LogP contribution is -2.19. The van der Waals surface area contributed by atoms with E-state index in [-0.39, 0.29) is 5.41 Å². The van der Waals surface area contributed by atoms with Crippen LogP contribution in [0, 0.1) is 0 Å². The van der Waals surface area contributed by atoms with Crippen LogP contribution >= 0.6 is 0 Å². The van der Waals surface area contributed by atoms with Gasteiger partial charge in [-0.05, 0) is 18.1 Å². The van der Waals surface area contributed by atoms with Crippen molar-refractivity contribution in [3.05, 3.63) is 41.7 Å². The molecule has 0 aliphatic carbocycles. The molecule has 1 heterocycles. The van der Waals surface area contributed by atoms with Crippen molar-refractivity contribution in [2.75, 3.05) is 5.43 Å². The van der Waals surface area contributed by atoms with Gasteiger partial charge in [0.15, 0.2) is 0 Å². The molecule has 112 valence electrons. The number of anilines is 1. The fraction of sp³-hybridized carbons (Fsp3) is 0.375. The number of nitrogens with one attached hydrogen (secondary N) is 1. The fourth-order valence-corrected chi connectivity index (χ4v) is 1.89. The number of para-hydroxylation sites is 1. The monoisotopic (exact) mass is 286 g/mol. The number of nitrogens with zero attached hydrogens (tertiary/aromatic N) is 2. The maximum absolute atomic E-state index is 5.93. The van der Waals surface area contributed by atoms with E-state index in [0.29, 0.717) is 17.5 Å². The Hall–Kier alpha value is -2.14. The minimum absolute atomic E-state index is 0.185. The van der Waals surface area contributed by atoms with E-state index in [9.17, 15) is 0 Å². The van der Waals surface area contributed by atoms with Crippen LogP contribution in [0.4, 0.5) is 5.82 Å². The summed E-state index contributed by atoms with van der Waals surface area (Å²) in [5.41, 5.74) is 3.51. The molecule has 2 aromatic rings. The number of nitrogen functional groups attached to an aromatic ring is 1. The molecular formula is C16H22N4O. The maximum Gasteiger partial charge on any atom is 0.224 e. The number of hydrazine groups is 1. The SMILES string of the molecule is CCc1ccccc1Oc1cc(NN)nc(C(C)(C)C)n1. The number of nitrogens with two attached hydrogens (primary N) is 1. The van der Waals surface area contributed by atoms with Gasteiger partial charge in [-0.3, -0.25) is 0 Å². The molecule has 0 saturated carbocycles. The standard InChI is InChI=1S/C16H22N4O/c1-5-11-8-6-7-9-12(11)21-14-10-13(20-17)18-15(19-14)16(2,3)4/h6-10H,5,17H2,1-4H3,(H,18,19,20). The summed E-state index contributed by atoms with van der Waals surface area (Å²) in [6.07, 6.45) is 0.898. The Balaban J connectivity index is 2.39. The van der Waals surface area contributed by atoms with Crippen molar-refractivity contribution >= 4 is 5.82 Å². The molecule has 0 spiro atoms. The quantitative estimate of drug-likeness (QED) is 0.665. The third-order valence-corrected chi connectivity index (χ3v) is 3.09. The van der Waals surface area contributed by atoms with Gasteiger partial charge in [0.1, 0.15) is 17.4 Å². The second-order valence-electron chi connectivity index (χ2n) is 5.87. The van der Waals surface area contributed by atoms with Gasteiger partial charge in [0, 0.05) is 11.5 Å². The van der Waals surface area contributed by atoms with Gasteiger partial charge >= 0.3 is 0 Å². The largest absolute Gasteiger partial charge is 0.439 e. The van der Waals surface area contributed by atoms with Crippen LogP contribution in [-0.2, 0) is 11.8 Å². The molecule has 1 aromatic carbocycles. The number of hydrogen-bond acceptors (Lipinski definition) is 5. The number of aromatic nitrogens is 2. The average Bonchev–Trinajstić information content (AvgIpc) is 2.46. The number of ether oxygens (including phenoxy) is 1.